The molecule has 0 atom stereocenters. The summed E-state index contributed by atoms with van der Waals surface area (Å²) in [5.41, 5.74) is 4.62. The summed E-state index contributed by atoms with van der Waals surface area (Å²) in [6.07, 6.45) is -4.60. The van der Waals surface area contributed by atoms with Crippen LogP contribution in [0.4, 0.5) is 13.2 Å². The molecule has 0 bridgehead atoms. The van der Waals surface area contributed by atoms with Crippen LogP contribution >= 0.6 is 22.9 Å². The number of aromatic nitrogens is 2. The number of hydrogen-bond donors (Lipinski definition) is 2. The number of rotatable bonds is 4. The topological polar surface area (TPSA) is 76.0 Å². The van der Waals surface area contributed by atoms with E-state index in [4.69, 9.17) is 11.6 Å². The lowest BCUT2D eigenvalue weighted by Crippen LogP contribution is -2.41. The van der Waals surface area contributed by atoms with Crippen LogP contribution in [0.2, 0.25) is 5.02 Å². The van der Waals surface area contributed by atoms with Crippen LogP contribution in [-0.4, -0.2) is 21.6 Å². The molecule has 2 N–H and O–H groups in total. The summed E-state index contributed by atoms with van der Waals surface area (Å²) in [6.45, 7) is 0. The lowest BCUT2D eigenvalue weighted by molar-refractivity contribution is -0.141. The average molecular weight is 491 g/mol. The molecule has 4 rings (SSSR count). The molecule has 0 unspecified atom stereocenters. The largest absolute Gasteiger partial charge is 0.435 e. The Balaban J connectivity index is 1.52. The van der Waals surface area contributed by atoms with Gasteiger partial charge in [-0.15, -0.1) is 11.3 Å². The molecule has 0 saturated heterocycles. The van der Waals surface area contributed by atoms with Crippen LogP contribution in [0.1, 0.15) is 26.4 Å². The van der Waals surface area contributed by atoms with E-state index in [2.05, 4.69) is 16.0 Å². The van der Waals surface area contributed by atoms with Gasteiger partial charge in [0.25, 0.3) is 11.8 Å². The normalized spacial score (nSPS) is 11.3. The minimum Gasteiger partial charge on any atom is -0.267 e. The number of carbonyl (C=O) groups is 2. The van der Waals surface area contributed by atoms with Crippen molar-refractivity contribution in [3.8, 4) is 16.3 Å². The Kier molecular flexibility index (Phi) is 6.21. The molecule has 6 nitrogen and oxygen atoms in total. The number of amides is 2. The van der Waals surface area contributed by atoms with E-state index in [-0.39, 0.29) is 16.8 Å². The number of nitrogens with zero attached hydrogens (tertiary/aromatic N) is 2. The summed E-state index contributed by atoms with van der Waals surface area (Å²) >= 11 is 7.13. The minimum absolute atomic E-state index is 0.186. The Hall–Kier alpha value is -3.63. The third-order valence-electron chi connectivity index (χ3n) is 4.52. The van der Waals surface area contributed by atoms with E-state index in [1.54, 1.807) is 29.6 Å². The van der Waals surface area contributed by atoms with Crippen molar-refractivity contribution in [2.45, 2.75) is 6.18 Å². The highest BCUT2D eigenvalue weighted by Gasteiger charge is 2.35. The van der Waals surface area contributed by atoms with E-state index in [0.29, 0.717) is 15.6 Å². The first-order valence-electron chi connectivity index (χ1n) is 9.40. The number of hydrazine groups is 1. The maximum absolute atomic E-state index is 13.2. The van der Waals surface area contributed by atoms with Crippen molar-refractivity contribution in [1.82, 2.24) is 20.6 Å². The van der Waals surface area contributed by atoms with Crippen LogP contribution in [0.25, 0.3) is 16.3 Å². The van der Waals surface area contributed by atoms with Crippen molar-refractivity contribution in [3.05, 3.63) is 94.0 Å². The zero-order valence-electron chi connectivity index (χ0n) is 16.6. The van der Waals surface area contributed by atoms with E-state index in [0.717, 1.165) is 6.07 Å². The molecule has 11 heteroatoms. The van der Waals surface area contributed by atoms with Crippen molar-refractivity contribution < 1.29 is 22.8 Å². The van der Waals surface area contributed by atoms with Gasteiger partial charge < -0.3 is 0 Å². The zero-order chi connectivity index (χ0) is 23.6. The fourth-order valence-corrected chi connectivity index (χ4v) is 3.88. The lowest BCUT2D eigenvalue weighted by Gasteiger charge is -2.09. The van der Waals surface area contributed by atoms with Crippen molar-refractivity contribution in [2.24, 2.45) is 0 Å². The zero-order valence-corrected chi connectivity index (χ0v) is 18.1. The SMILES string of the molecule is O=C(NNC(=O)c1cccc(Cl)c1)c1ccc(-n2nc(C(F)(F)F)cc2-c2cccs2)cc1. The summed E-state index contributed by atoms with van der Waals surface area (Å²) in [5, 5.41) is 5.84. The van der Waals surface area contributed by atoms with Gasteiger partial charge >= 0.3 is 6.18 Å². The quantitative estimate of drug-likeness (QED) is 0.379. The summed E-state index contributed by atoms with van der Waals surface area (Å²) < 4.78 is 40.9. The van der Waals surface area contributed by atoms with Crippen molar-refractivity contribution in [3.63, 3.8) is 0 Å². The third-order valence-corrected chi connectivity index (χ3v) is 5.65. The number of alkyl halides is 3. The van der Waals surface area contributed by atoms with Crippen molar-refractivity contribution in [1.29, 1.82) is 0 Å². The number of hydrogen-bond acceptors (Lipinski definition) is 4. The molecule has 0 aliphatic carbocycles. The fourth-order valence-electron chi connectivity index (χ4n) is 2.96. The Morgan fingerprint density at radius 1 is 0.909 bits per heavy atom. The Morgan fingerprint density at radius 3 is 2.21 bits per heavy atom. The molecule has 0 aliphatic heterocycles. The van der Waals surface area contributed by atoms with Gasteiger partial charge in [-0.05, 0) is 60.0 Å². The highest BCUT2D eigenvalue weighted by atomic mass is 35.5. The van der Waals surface area contributed by atoms with Crippen molar-refractivity contribution in [2.75, 3.05) is 0 Å². The minimum atomic E-state index is -4.60. The van der Waals surface area contributed by atoms with Gasteiger partial charge in [-0.1, -0.05) is 23.7 Å². The average Bonchev–Trinajstić information content (AvgIpc) is 3.47. The van der Waals surface area contributed by atoms with Crippen LogP contribution < -0.4 is 10.9 Å². The molecule has 168 valence electrons. The van der Waals surface area contributed by atoms with Gasteiger partial charge in [0.15, 0.2) is 5.69 Å². The molecular weight excluding hydrogens is 477 g/mol. The molecule has 2 heterocycles. The standard InChI is InChI=1S/C22H14ClF3N4O2S/c23-15-4-1-3-14(11-15)21(32)28-27-20(31)13-6-8-16(9-7-13)30-17(18-5-2-10-33-18)12-19(29-30)22(24,25)26/h1-12H,(H,27,31)(H,28,32). The molecule has 0 radical (unpaired) electrons. The van der Waals surface area contributed by atoms with E-state index in [9.17, 15) is 22.8 Å². The summed E-state index contributed by atoms with van der Waals surface area (Å²) in [4.78, 5) is 25.1. The van der Waals surface area contributed by atoms with Gasteiger partial charge in [-0.3, -0.25) is 20.4 Å². The van der Waals surface area contributed by atoms with Gasteiger partial charge in [0.1, 0.15) is 0 Å². The summed E-state index contributed by atoms with van der Waals surface area (Å²) in [5.74, 6) is -1.16. The second-order valence-electron chi connectivity index (χ2n) is 6.77. The Bertz CT molecular complexity index is 1300. The number of halogens is 4. The second kappa shape index (κ2) is 9.08. The van der Waals surface area contributed by atoms with Gasteiger partial charge in [-0.2, -0.15) is 18.3 Å². The Labute approximate surface area is 194 Å². The predicted molar refractivity (Wildman–Crippen MR) is 118 cm³/mol. The van der Waals surface area contributed by atoms with Crippen LogP contribution in [0, 0.1) is 0 Å². The van der Waals surface area contributed by atoms with E-state index >= 15 is 0 Å². The molecule has 0 aliphatic rings. The number of benzene rings is 2. The molecule has 0 spiro atoms. The van der Waals surface area contributed by atoms with Gasteiger partial charge in [0.2, 0.25) is 0 Å². The van der Waals surface area contributed by atoms with Gasteiger partial charge in [0.05, 0.1) is 16.3 Å². The first-order valence-corrected chi connectivity index (χ1v) is 10.7. The maximum atomic E-state index is 13.2. The van der Waals surface area contributed by atoms with Crippen LogP contribution in [0.15, 0.2) is 72.1 Å². The highest BCUT2D eigenvalue weighted by molar-refractivity contribution is 7.13. The first kappa shape index (κ1) is 22.6. The molecular formula is C22H14ClF3N4O2S. The van der Waals surface area contributed by atoms with Gasteiger partial charge in [0, 0.05) is 16.1 Å². The molecule has 4 aromatic rings. The molecule has 0 saturated carbocycles. The van der Waals surface area contributed by atoms with E-state index in [1.807, 2.05) is 0 Å². The fraction of sp³-hybridized carbons (Fsp3) is 0.0455. The summed E-state index contributed by atoms with van der Waals surface area (Å²) in [6, 6.07) is 16.4. The number of thiophene rings is 1. The van der Waals surface area contributed by atoms with Crippen molar-refractivity contribution >= 4 is 34.8 Å². The molecule has 0 fully saturated rings. The van der Waals surface area contributed by atoms with Crippen LogP contribution in [0.3, 0.4) is 0 Å². The Morgan fingerprint density at radius 2 is 1.61 bits per heavy atom. The van der Waals surface area contributed by atoms with Gasteiger partial charge in [-0.25, -0.2) is 4.68 Å². The summed E-state index contributed by atoms with van der Waals surface area (Å²) in [7, 11) is 0. The second-order valence-corrected chi connectivity index (χ2v) is 8.15. The first-order chi connectivity index (χ1) is 15.7. The molecule has 33 heavy (non-hydrogen) atoms. The predicted octanol–water partition coefficient (Wildman–Crippen LogP) is 5.35. The number of nitrogens with one attached hydrogen (secondary N) is 2. The molecule has 2 amide bonds. The van der Waals surface area contributed by atoms with Crippen LogP contribution in [-0.2, 0) is 6.18 Å². The maximum Gasteiger partial charge on any atom is 0.435 e. The van der Waals surface area contributed by atoms with E-state index in [1.165, 1.54) is 52.4 Å². The van der Waals surface area contributed by atoms with Crippen LogP contribution in [0.5, 0.6) is 0 Å². The third kappa shape index (κ3) is 5.07. The van der Waals surface area contributed by atoms with E-state index < -0.39 is 23.7 Å². The monoisotopic (exact) mass is 490 g/mol. The number of carbonyl (C=O) groups excluding carboxylic acids is 2. The smallest absolute Gasteiger partial charge is 0.267 e. The molecule has 2 aromatic heterocycles. The lowest BCUT2D eigenvalue weighted by atomic mass is 10.2. The highest BCUT2D eigenvalue weighted by Crippen LogP contribution is 2.34. The molecule has 2 aromatic carbocycles.